The minimum absolute atomic E-state index is 0.176. The van der Waals surface area contributed by atoms with E-state index < -0.39 is 10.8 Å². The van der Waals surface area contributed by atoms with Crippen LogP contribution in [0.1, 0.15) is 10.4 Å². The van der Waals surface area contributed by atoms with Gasteiger partial charge in [0, 0.05) is 29.4 Å². The largest absolute Gasteiger partial charge is 0.300 e. The second-order valence-corrected chi connectivity index (χ2v) is 7.57. The van der Waals surface area contributed by atoms with Crippen molar-refractivity contribution in [2.45, 2.75) is 0 Å². The molecule has 0 aliphatic carbocycles. The maximum absolute atomic E-state index is 12.7. The highest BCUT2D eigenvalue weighted by atomic mass is 32.1. The first-order valence-electron chi connectivity index (χ1n) is 8.96. The molecule has 5 rings (SSSR count). The van der Waals surface area contributed by atoms with Crippen LogP contribution >= 0.6 is 11.3 Å². The maximum Gasteiger partial charge on any atom is 0.294 e. The molecule has 0 saturated heterocycles. The minimum Gasteiger partial charge on any atom is -0.300 e. The van der Waals surface area contributed by atoms with Gasteiger partial charge in [0.15, 0.2) is 5.13 Å². The Morgan fingerprint density at radius 3 is 2.80 bits per heavy atom. The summed E-state index contributed by atoms with van der Waals surface area (Å²) in [5, 5.41) is 16.8. The molecular formula is C21H13N5O3S. The summed E-state index contributed by atoms with van der Waals surface area (Å²) in [5.41, 5.74) is 1.14. The molecule has 1 amide bonds. The first kappa shape index (κ1) is 18.0. The first-order chi connectivity index (χ1) is 14.6. The van der Waals surface area contributed by atoms with E-state index in [1.165, 1.54) is 40.6 Å². The van der Waals surface area contributed by atoms with Gasteiger partial charge in [0.25, 0.3) is 11.6 Å². The van der Waals surface area contributed by atoms with Gasteiger partial charge < -0.3 is 4.57 Å². The molecule has 1 N–H and O–H groups in total. The summed E-state index contributed by atoms with van der Waals surface area (Å²) in [6, 6.07) is 16.2. The van der Waals surface area contributed by atoms with E-state index in [-0.39, 0.29) is 11.3 Å². The van der Waals surface area contributed by atoms with Crippen molar-refractivity contribution in [1.29, 1.82) is 0 Å². The van der Waals surface area contributed by atoms with Crippen LogP contribution < -0.4 is 5.32 Å². The Kier molecular flexibility index (Phi) is 4.22. The summed E-state index contributed by atoms with van der Waals surface area (Å²) in [6.45, 7) is 0. The van der Waals surface area contributed by atoms with Crippen molar-refractivity contribution in [1.82, 2.24) is 14.5 Å². The number of hydrogen-bond acceptors (Lipinski definition) is 6. The lowest BCUT2D eigenvalue weighted by Gasteiger charge is -2.06. The topological polar surface area (TPSA) is 103 Å². The Morgan fingerprint density at radius 1 is 1.13 bits per heavy atom. The second kappa shape index (κ2) is 7.05. The van der Waals surface area contributed by atoms with Crippen molar-refractivity contribution in [3.8, 4) is 5.69 Å². The molecule has 0 aliphatic rings. The number of thiazole rings is 1. The number of aromatic nitrogens is 3. The molecule has 8 nitrogen and oxygen atoms in total. The SMILES string of the molecule is O=C(Nc1nc2c(ccc3ccccc32)s1)c1ccc(-n2ccnc2)c([N+](=O)[O-])c1. The van der Waals surface area contributed by atoms with Crippen LogP contribution in [0.25, 0.3) is 26.7 Å². The number of nitro benzene ring substituents is 1. The summed E-state index contributed by atoms with van der Waals surface area (Å²) in [5.74, 6) is -0.460. The van der Waals surface area contributed by atoms with Crippen LogP contribution in [0.3, 0.4) is 0 Å². The third-order valence-corrected chi connectivity index (χ3v) is 5.66. The van der Waals surface area contributed by atoms with E-state index in [4.69, 9.17) is 0 Å². The number of nitro groups is 1. The molecule has 0 spiro atoms. The Balaban J connectivity index is 1.49. The number of hydrogen-bond donors (Lipinski definition) is 1. The number of rotatable bonds is 4. The molecule has 2 aromatic heterocycles. The molecule has 0 unspecified atom stereocenters. The highest BCUT2D eigenvalue weighted by molar-refractivity contribution is 7.22. The zero-order valence-electron chi connectivity index (χ0n) is 15.4. The highest BCUT2D eigenvalue weighted by Gasteiger charge is 2.19. The smallest absolute Gasteiger partial charge is 0.294 e. The molecular weight excluding hydrogens is 402 g/mol. The monoisotopic (exact) mass is 415 g/mol. The van der Waals surface area contributed by atoms with Gasteiger partial charge >= 0.3 is 0 Å². The Morgan fingerprint density at radius 2 is 2.00 bits per heavy atom. The van der Waals surface area contributed by atoms with E-state index in [0.29, 0.717) is 10.8 Å². The minimum atomic E-state index is -0.518. The van der Waals surface area contributed by atoms with E-state index in [2.05, 4.69) is 15.3 Å². The number of amides is 1. The van der Waals surface area contributed by atoms with Crippen LogP contribution in [0.4, 0.5) is 10.8 Å². The molecule has 0 fully saturated rings. The van der Waals surface area contributed by atoms with Gasteiger partial charge in [-0.15, -0.1) is 0 Å². The first-order valence-corrected chi connectivity index (χ1v) is 9.78. The van der Waals surface area contributed by atoms with Crippen LogP contribution in [-0.2, 0) is 0 Å². The standard InChI is InChI=1S/C21H13N5O3S/c27-20(14-5-7-16(17(11-14)26(28)29)25-10-9-22-12-25)24-21-23-19-15-4-2-1-3-13(15)6-8-18(19)30-21/h1-12H,(H,23,24,27). The van der Waals surface area contributed by atoms with E-state index >= 15 is 0 Å². The zero-order chi connectivity index (χ0) is 20.7. The number of fused-ring (bicyclic) bond motifs is 3. The van der Waals surface area contributed by atoms with Crippen LogP contribution in [0.15, 0.2) is 73.3 Å². The molecule has 146 valence electrons. The second-order valence-electron chi connectivity index (χ2n) is 6.54. The van der Waals surface area contributed by atoms with E-state index in [9.17, 15) is 14.9 Å². The molecule has 30 heavy (non-hydrogen) atoms. The Hall–Kier alpha value is -4.11. The molecule has 0 radical (unpaired) electrons. The quantitative estimate of drug-likeness (QED) is 0.336. The normalized spacial score (nSPS) is 11.1. The average Bonchev–Trinajstić information content (AvgIpc) is 3.43. The lowest BCUT2D eigenvalue weighted by molar-refractivity contribution is -0.384. The summed E-state index contributed by atoms with van der Waals surface area (Å²) in [7, 11) is 0. The van der Waals surface area contributed by atoms with Gasteiger partial charge in [-0.05, 0) is 23.6 Å². The molecule has 0 saturated carbocycles. The number of carbonyl (C=O) groups excluding carboxylic acids is 1. The van der Waals surface area contributed by atoms with Gasteiger partial charge in [0.2, 0.25) is 0 Å². The third kappa shape index (κ3) is 3.07. The van der Waals surface area contributed by atoms with Crippen LogP contribution in [0, 0.1) is 10.1 Å². The van der Waals surface area contributed by atoms with Crippen LogP contribution in [0.2, 0.25) is 0 Å². The van der Waals surface area contributed by atoms with Crippen molar-refractivity contribution in [2.24, 2.45) is 0 Å². The van der Waals surface area contributed by atoms with Crippen molar-refractivity contribution in [3.05, 3.63) is 89.0 Å². The van der Waals surface area contributed by atoms with Gasteiger partial charge in [-0.2, -0.15) is 0 Å². The van der Waals surface area contributed by atoms with E-state index in [1.807, 2.05) is 36.4 Å². The van der Waals surface area contributed by atoms with Gasteiger partial charge in [-0.3, -0.25) is 20.2 Å². The number of carbonyl (C=O) groups is 1. The summed E-state index contributed by atoms with van der Waals surface area (Å²) in [4.78, 5) is 32.2. The lowest BCUT2D eigenvalue weighted by atomic mass is 10.1. The highest BCUT2D eigenvalue weighted by Crippen LogP contribution is 2.32. The van der Waals surface area contributed by atoms with Gasteiger partial charge in [0.1, 0.15) is 5.69 Å². The summed E-state index contributed by atoms with van der Waals surface area (Å²) >= 11 is 1.36. The predicted molar refractivity (Wildman–Crippen MR) is 115 cm³/mol. The van der Waals surface area contributed by atoms with E-state index in [1.54, 1.807) is 12.3 Å². The maximum atomic E-state index is 12.7. The van der Waals surface area contributed by atoms with Crippen molar-refractivity contribution in [2.75, 3.05) is 5.32 Å². The molecule has 0 atom stereocenters. The van der Waals surface area contributed by atoms with Crippen molar-refractivity contribution < 1.29 is 9.72 Å². The third-order valence-electron chi connectivity index (χ3n) is 4.72. The fourth-order valence-electron chi connectivity index (χ4n) is 3.31. The zero-order valence-corrected chi connectivity index (χ0v) is 16.2. The van der Waals surface area contributed by atoms with Gasteiger partial charge in [-0.1, -0.05) is 41.7 Å². The fourth-order valence-corrected chi connectivity index (χ4v) is 4.19. The van der Waals surface area contributed by atoms with Crippen LogP contribution in [-0.4, -0.2) is 25.4 Å². The Labute approximate surface area is 173 Å². The number of nitrogens with one attached hydrogen (secondary N) is 1. The van der Waals surface area contributed by atoms with Gasteiger partial charge in [0.05, 0.1) is 21.5 Å². The van der Waals surface area contributed by atoms with Gasteiger partial charge in [-0.25, -0.2) is 9.97 Å². The summed E-state index contributed by atoms with van der Waals surface area (Å²) in [6.07, 6.45) is 4.60. The molecule has 9 heteroatoms. The summed E-state index contributed by atoms with van der Waals surface area (Å²) < 4.78 is 2.48. The van der Waals surface area contributed by atoms with Crippen LogP contribution in [0.5, 0.6) is 0 Å². The molecule has 0 bridgehead atoms. The number of benzene rings is 3. The van der Waals surface area contributed by atoms with Crippen molar-refractivity contribution >= 4 is 49.1 Å². The van der Waals surface area contributed by atoms with E-state index in [0.717, 1.165) is 21.0 Å². The number of anilines is 1. The Bertz CT molecular complexity index is 1430. The predicted octanol–water partition coefficient (Wildman–Crippen LogP) is 4.80. The molecule has 2 heterocycles. The number of imidazole rings is 1. The van der Waals surface area contributed by atoms with Crippen molar-refractivity contribution in [3.63, 3.8) is 0 Å². The molecule has 5 aromatic rings. The number of nitrogens with zero attached hydrogens (tertiary/aromatic N) is 4. The fraction of sp³-hybridized carbons (Fsp3) is 0. The molecule has 0 aliphatic heterocycles. The molecule has 3 aromatic carbocycles. The lowest BCUT2D eigenvalue weighted by Crippen LogP contribution is -2.12. The average molecular weight is 415 g/mol.